The van der Waals surface area contributed by atoms with Gasteiger partial charge in [0.2, 0.25) is 0 Å². The van der Waals surface area contributed by atoms with Crippen LogP contribution in [0, 0.1) is 11.8 Å². The quantitative estimate of drug-likeness (QED) is 0.854. The fourth-order valence-corrected chi connectivity index (χ4v) is 2.61. The second-order valence-corrected chi connectivity index (χ2v) is 5.36. The largest absolute Gasteiger partial charge is 0.478 e. The molecule has 0 aromatic heterocycles. The molecule has 1 saturated carbocycles. The second-order valence-electron chi connectivity index (χ2n) is 5.36. The van der Waals surface area contributed by atoms with Crippen LogP contribution in [-0.2, 0) is 0 Å². The SMILES string of the molecule is CC1CCC(CNc2ccccc2C(=O)O)CC1. The van der Waals surface area contributed by atoms with E-state index in [-0.39, 0.29) is 0 Å². The van der Waals surface area contributed by atoms with Crippen LogP contribution in [0.5, 0.6) is 0 Å². The summed E-state index contributed by atoms with van der Waals surface area (Å²) in [5, 5.41) is 12.4. The molecular formula is C15H21NO2. The monoisotopic (exact) mass is 247 g/mol. The van der Waals surface area contributed by atoms with Gasteiger partial charge in [-0.3, -0.25) is 0 Å². The van der Waals surface area contributed by atoms with Gasteiger partial charge in [0.25, 0.3) is 0 Å². The number of hydrogen-bond acceptors (Lipinski definition) is 2. The van der Waals surface area contributed by atoms with Gasteiger partial charge >= 0.3 is 5.97 Å². The van der Waals surface area contributed by atoms with E-state index in [0.29, 0.717) is 11.5 Å². The predicted octanol–water partition coefficient (Wildman–Crippen LogP) is 3.62. The topological polar surface area (TPSA) is 49.3 Å². The molecule has 0 saturated heterocycles. The highest BCUT2D eigenvalue weighted by Gasteiger charge is 2.18. The molecule has 2 N–H and O–H groups in total. The minimum atomic E-state index is -0.865. The number of carboxylic acid groups (broad SMARTS) is 1. The average molecular weight is 247 g/mol. The maximum atomic E-state index is 11.1. The van der Waals surface area contributed by atoms with Gasteiger partial charge in [-0.25, -0.2) is 4.79 Å². The summed E-state index contributed by atoms with van der Waals surface area (Å²) in [5.41, 5.74) is 1.10. The summed E-state index contributed by atoms with van der Waals surface area (Å²) in [6, 6.07) is 7.12. The molecule has 3 heteroatoms. The Hall–Kier alpha value is -1.51. The van der Waals surface area contributed by atoms with Gasteiger partial charge in [-0.05, 0) is 36.8 Å². The Bertz CT molecular complexity index is 409. The summed E-state index contributed by atoms with van der Waals surface area (Å²) in [7, 11) is 0. The first kappa shape index (κ1) is 12.9. The van der Waals surface area contributed by atoms with Gasteiger partial charge in [0.1, 0.15) is 0 Å². The van der Waals surface area contributed by atoms with Crippen molar-refractivity contribution in [2.45, 2.75) is 32.6 Å². The highest BCUT2D eigenvalue weighted by Crippen LogP contribution is 2.28. The number of carbonyl (C=O) groups is 1. The smallest absolute Gasteiger partial charge is 0.337 e. The fourth-order valence-electron chi connectivity index (χ4n) is 2.61. The van der Waals surface area contributed by atoms with Gasteiger partial charge < -0.3 is 10.4 Å². The van der Waals surface area contributed by atoms with Crippen LogP contribution in [0.15, 0.2) is 24.3 Å². The van der Waals surface area contributed by atoms with Crippen LogP contribution in [0.4, 0.5) is 5.69 Å². The maximum absolute atomic E-state index is 11.1. The number of benzene rings is 1. The third-order valence-corrected chi connectivity index (χ3v) is 3.87. The Kier molecular flexibility index (Phi) is 4.24. The lowest BCUT2D eigenvalue weighted by molar-refractivity contribution is 0.0698. The van der Waals surface area contributed by atoms with Crippen LogP contribution in [0.3, 0.4) is 0 Å². The zero-order valence-electron chi connectivity index (χ0n) is 10.9. The Morgan fingerprint density at radius 2 is 1.94 bits per heavy atom. The van der Waals surface area contributed by atoms with Gasteiger partial charge in [0, 0.05) is 12.2 Å². The molecule has 1 aromatic carbocycles. The zero-order chi connectivity index (χ0) is 13.0. The molecule has 1 fully saturated rings. The molecule has 0 unspecified atom stereocenters. The van der Waals surface area contributed by atoms with Crippen LogP contribution in [0.25, 0.3) is 0 Å². The molecule has 0 bridgehead atoms. The predicted molar refractivity (Wildman–Crippen MR) is 73.0 cm³/mol. The molecule has 0 radical (unpaired) electrons. The third-order valence-electron chi connectivity index (χ3n) is 3.87. The standard InChI is InChI=1S/C15H21NO2/c1-11-6-8-12(9-7-11)10-16-14-5-3-2-4-13(14)15(17)18/h2-5,11-12,16H,6-10H2,1H3,(H,17,18). The van der Waals surface area contributed by atoms with E-state index in [0.717, 1.165) is 18.2 Å². The third kappa shape index (κ3) is 3.25. The molecule has 0 spiro atoms. The van der Waals surface area contributed by atoms with Gasteiger partial charge in [-0.15, -0.1) is 0 Å². The molecule has 1 aliphatic carbocycles. The first-order chi connectivity index (χ1) is 8.66. The maximum Gasteiger partial charge on any atom is 0.337 e. The lowest BCUT2D eigenvalue weighted by Gasteiger charge is -2.26. The van der Waals surface area contributed by atoms with Crippen molar-refractivity contribution in [1.29, 1.82) is 0 Å². The first-order valence-electron chi connectivity index (χ1n) is 6.73. The van der Waals surface area contributed by atoms with Gasteiger partial charge in [0.15, 0.2) is 0 Å². The van der Waals surface area contributed by atoms with Crippen LogP contribution in [0.2, 0.25) is 0 Å². The van der Waals surface area contributed by atoms with Crippen LogP contribution in [0.1, 0.15) is 43.0 Å². The van der Waals surface area contributed by atoms with E-state index in [9.17, 15) is 4.79 Å². The molecule has 0 heterocycles. The van der Waals surface area contributed by atoms with E-state index in [1.807, 2.05) is 12.1 Å². The van der Waals surface area contributed by atoms with Crippen molar-refractivity contribution in [1.82, 2.24) is 0 Å². The minimum absolute atomic E-state index is 0.363. The van der Waals surface area contributed by atoms with E-state index in [4.69, 9.17) is 5.11 Å². The first-order valence-corrected chi connectivity index (χ1v) is 6.73. The van der Waals surface area contributed by atoms with E-state index < -0.39 is 5.97 Å². The molecule has 18 heavy (non-hydrogen) atoms. The molecule has 0 atom stereocenters. The Balaban J connectivity index is 1.92. The van der Waals surface area contributed by atoms with Gasteiger partial charge in [-0.1, -0.05) is 31.9 Å². The Labute approximate surface area is 108 Å². The van der Waals surface area contributed by atoms with E-state index in [1.54, 1.807) is 12.1 Å². The molecule has 1 aliphatic rings. The number of hydrogen-bond donors (Lipinski definition) is 2. The van der Waals surface area contributed by atoms with Crippen molar-refractivity contribution >= 4 is 11.7 Å². The number of nitrogens with one attached hydrogen (secondary N) is 1. The van der Waals surface area contributed by atoms with Crippen molar-refractivity contribution in [3.05, 3.63) is 29.8 Å². The van der Waals surface area contributed by atoms with Crippen LogP contribution >= 0.6 is 0 Å². The number of aromatic carboxylic acids is 1. The molecule has 3 nitrogen and oxygen atoms in total. The molecule has 0 aliphatic heterocycles. The Morgan fingerprint density at radius 3 is 2.61 bits per heavy atom. The summed E-state index contributed by atoms with van der Waals surface area (Å²) in [4.78, 5) is 11.1. The molecule has 0 amide bonds. The number of rotatable bonds is 4. The summed E-state index contributed by atoms with van der Waals surface area (Å²) in [6.07, 6.45) is 5.10. The van der Waals surface area contributed by atoms with Gasteiger partial charge in [0.05, 0.1) is 5.56 Å². The second kappa shape index (κ2) is 5.89. The van der Waals surface area contributed by atoms with Crippen LogP contribution < -0.4 is 5.32 Å². The molecule has 98 valence electrons. The average Bonchev–Trinajstić information content (AvgIpc) is 2.38. The lowest BCUT2D eigenvalue weighted by atomic mass is 9.83. The van der Waals surface area contributed by atoms with E-state index in [1.165, 1.54) is 25.7 Å². The Morgan fingerprint density at radius 1 is 1.28 bits per heavy atom. The van der Waals surface area contributed by atoms with Crippen molar-refractivity contribution in [2.24, 2.45) is 11.8 Å². The van der Waals surface area contributed by atoms with Gasteiger partial charge in [-0.2, -0.15) is 0 Å². The highest BCUT2D eigenvalue weighted by molar-refractivity contribution is 5.94. The fraction of sp³-hybridized carbons (Fsp3) is 0.533. The number of carboxylic acids is 1. The van der Waals surface area contributed by atoms with Crippen LogP contribution in [-0.4, -0.2) is 17.6 Å². The zero-order valence-corrected chi connectivity index (χ0v) is 10.9. The van der Waals surface area contributed by atoms with E-state index in [2.05, 4.69) is 12.2 Å². The summed E-state index contributed by atoms with van der Waals surface area (Å²) in [6.45, 7) is 3.19. The summed E-state index contributed by atoms with van der Waals surface area (Å²) < 4.78 is 0. The number of anilines is 1. The van der Waals surface area contributed by atoms with E-state index >= 15 is 0 Å². The molecule has 1 aromatic rings. The highest BCUT2D eigenvalue weighted by atomic mass is 16.4. The molecule has 2 rings (SSSR count). The van der Waals surface area contributed by atoms with Crippen molar-refractivity contribution < 1.29 is 9.90 Å². The molecular weight excluding hydrogens is 226 g/mol. The summed E-state index contributed by atoms with van der Waals surface area (Å²) in [5.74, 6) is 0.672. The lowest BCUT2D eigenvalue weighted by Crippen LogP contribution is -2.21. The summed E-state index contributed by atoms with van der Waals surface area (Å²) >= 11 is 0. The normalized spacial score (nSPS) is 23.6. The van der Waals surface area contributed by atoms with Crippen molar-refractivity contribution in [3.8, 4) is 0 Å². The minimum Gasteiger partial charge on any atom is -0.478 e. The number of para-hydroxylation sites is 1. The van der Waals surface area contributed by atoms with Crippen molar-refractivity contribution in [2.75, 3.05) is 11.9 Å². The van der Waals surface area contributed by atoms with Crippen molar-refractivity contribution in [3.63, 3.8) is 0 Å².